The lowest BCUT2D eigenvalue weighted by Crippen LogP contribution is -2.32. The van der Waals surface area contributed by atoms with E-state index >= 15 is 0 Å². The van der Waals surface area contributed by atoms with Crippen molar-refractivity contribution in [2.75, 3.05) is 20.2 Å². The number of benzene rings is 1. The smallest absolute Gasteiger partial charge is 0.260 e. The highest BCUT2D eigenvalue weighted by atomic mass is 19.1. The highest BCUT2D eigenvalue weighted by Crippen LogP contribution is 2.39. The second-order valence-electron chi connectivity index (χ2n) is 5.60. The molecule has 108 valence electrons. The van der Waals surface area contributed by atoms with Gasteiger partial charge in [-0.3, -0.25) is 4.79 Å². The molecule has 0 bridgehead atoms. The van der Waals surface area contributed by atoms with E-state index in [1.807, 2.05) is 0 Å². The number of hydrogen-bond donors (Lipinski definition) is 1. The molecular formula is C15H18FNO3. The first-order valence-electron chi connectivity index (χ1n) is 6.91. The lowest BCUT2D eigenvalue weighted by atomic mass is 10.00. The predicted molar refractivity (Wildman–Crippen MR) is 71.1 cm³/mol. The summed E-state index contributed by atoms with van der Waals surface area (Å²) in [6, 6.07) is 4.37. The molecule has 0 spiro atoms. The quantitative estimate of drug-likeness (QED) is 0.896. The number of ether oxygens (including phenoxy) is 1. The van der Waals surface area contributed by atoms with Crippen LogP contribution >= 0.6 is 0 Å². The van der Waals surface area contributed by atoms with Gasteiger partial charge in [-0.2, -0.15) is 0 Å². The van der Waals surface area contributed by atoms with Gasteiger partial charge in [0.25, 0.3) is 5.91 Å². The van der Waals surface area contributed by atoms with Gasteiger partial charge in [-0.05, 0) is 30.9 Å². The van der Waals surface area contributed by atoms with Crippen molar-refractivity contribution < 1.29 is 19.0 Å². The van der Waals surface area contributed by atoms with Crippen molar-refractivity contribution >= 4 is 5.91 Å². The first kappa shape index (κ1) is 13.4. The van der Waals surface area contributed by atoms with E-state index in [9.17, 15) is 14.3 Å². The monoisotopic (exact) mass is 279 g/mol. The van der Waals surface area contributed by atoms with E-state index in [2.05, 4.69) is 0 Å². The average molecular weight is 279 g/mol. The number of methoxy groups -OCH3 is 1. The van der Waals surface area contributed by atoms with Crippen LogP contribution in [0.4, 0.5) is 4.39 Å². The van der Waals surface area contributed by atoms with Gasteiger partial charge < -0.3 is 14.7 Å². The maximum atomic E-state index is 13.9. The van der Waals surface area contributed by atoms with Gasteiger partial charge in [-0.25, -0.2) is 4.39 Å². The molecule has 1 aliphatic heterocycles. The van der Waals surface area contributed by atoms with Crippen molar-refractivity contribution in [2.45, 2.75) is 18.9 Å². The normalized spacial score (nSPS) is 28.6. The maximum Gasteiger partial charge on any atom is 0.260 e. The highest BCUT2D eigenvalue weighted by molar-refractivity contribution is 5.97. The van der Waals surface area contributed by atoms with E-state index in [-0.39, 0.29) is 29.2 Å². The third-order valence-electron chi connectivity index (χ3n) is 4.52. The SMILES string of the molecule is COc1cccc(F)c1C(=O)N1CC2CCC(O)C2C1. The van der Waals surface area contributed by atoms with E-state index in [0.29, 0.717) is 19.0 Å². The molecule has 5 heteroatoms. The Morgan fingerprint density at radius 1 is 1.40 bits per heavy atom. The molecule has 1 amide bonds. The zero-order valence-corrected chi connectivity index (χ0v) is 11.4. The van der Waals surface area contributed by atoms with Gasteiger partial charge in [0.1, 0.15) is 17.1 Å². The van der Waals surface area contributed by atoms with Crippen molar-refractivity contribution in [1.29, 1.82) is 0 Å². The van der Waals surface area contributed by atoms with Gasteiger partial charge in [0.2, 0.25) is 0 Å². The summed E-state index contributed by atoms with van der Waals surface area (Å²) in [5.74, 6) is -0.176. The van der Waals surface area contributed by atoms with Crippen molar-refractivity contribution in [2.24, 2.45) is 11.8 Å². The Hall–Kier alpha value is -1.62. The highest BCUT2D eigenvalue weighted by Gasteiger charge is 2.44. The van der Waals surface area contributed by atoms with Crippen LogP contribution in [0.25, 0.3) is 0 Å². The molecule has 0 aromatic heterocycles. The van der Waals surface area contributed by atoms with Gasteiger partial charge in [0.05, 0.1) is 13.2 Å². The van der Waals surface area contributed by atoms with Crippen LogP contribution in [-0.2, 0) is 0 Å². The van der Waals surface area contributed by atoms with Crippen LogP contribution in [0.2, 0.25) is 0 Å². The van der Waals surface area contributed by atoms with Gasteiger partial charge in [0.15, 0.2) is 0 Å². The molecule has 1 aliphatic carbocycles. The van der Waals surface area contributed by atoms with Crippen LogP contribution in [0.15, 0.2) is 18.2 Å². The molecular weight excluding hydrogens is 261 g/mol. The maximum absolute atomic E-state index is 13.9. The Morgan fingerprint density at radius 3 is 2.90 bits per heavy atom. The van der Waals surface area contributed by atoms with Crippen LogP contribution in [0, 0.1) is 17.7 Å². The van der Waals surface area contributed by atoms with Crippen molar-refractivity contribution in [3.8, 4) is 5.75 Å². The summed E-state index contributed by atoms with van der Waals surface area (Å²) in [6.07, 6.45) is 1.41. The second-order valence-corrected chi connectivity index (χ2v) is 5.60. The number of nitrogens with zero attached hydrogens (tertiary/aromatic N) is 1. The van der Waals surface area contributed by atoms with Crippen LogP contribution in [0.1, 0.15) is 23.2 Å². The number of aliphatic hydroxyl groups excluding tert-OH is 1. The fraction of sp³-hybridized carbons (Fsp3) is 0.533. The fourth-order valence-electron chi connectivity index (χ4n) is 3.44. The number of aliphatic hydroxyl groups is 1. The summed E-state index contributed by atoms with van der Waals surface area (Å²) < 4.78 is 19.0. The molecule has 1 aromatic carbocycles. The lowest BCUT2D eigenvalue weighted by molar-refractivity contribution is 0.0744. The topological polar surface area (TPSA) is 49.8 Å². The minimum Gasteiger partial charge on any atom is -0.496 e. The van der Waals surface area contributed by atoms with Crippen LogP contribution in [0.5, 0.6) is 5.75 Å². The van der Waals surface area contributed by atoms with Gasteiger partial charge in [0, 0.05) is 19.0 Å². The number of fused-ring (bicyclic) bond motifs is 1. The third-order valence-corrected chi connectivity index (χ3v) is 4.52. The molecule has 1 heterocycles. The molecule has 2 fully saturated rings. The third kappa shape index (κ3) is 2.06. The van der Waals surface area contributed by atoms with Crippen LogP contribution in [0.3, 0.4) is 0 Å². The largest absolute Gasteiger partial charge is 0.496 e. The number of halogens is 1. The molecule has 1 saturated carbocycles. The van der Waals surface area contributed by atoms with Gasteiger partial charge in [-0.1, -0.05) is 6.07 Å². The molecule has 1 saturated heterocycles. The minimum atomic E-state index is -0.563. The average Bonchev–Trinajstić information content (AvgIpc) is 3.00. The molecule has 4 nitrogen and oxygen atoms in total. The Kier molecular flexibility index (Phi) is 3.38. The Bertz CT molecular complexity index is 534. The van der Waals surface area contributed by atoms with Crippen LogP contribution in [-0.4, -0.2) is 42.2 Å². The standard InChI is InChI=1S/C15H18FNO3/c1-20-13-4-2-3-11(16)14(13)15(19)17-7-9-5-6-12(18)10(9)8-17/h2-4,9-10,12,18H,5-8H2,1H3. The van der Waals surface area contributed by atoms with Crippen molar-refractivity contribution in [1.82, 2.24) is 4.90 Å². The van der Waals surface area contributed by atoms with Crippen molar-refractivity contribution in [3.05, 3.63) is 29.6 Å². The minimum absolute atomic E-state index is 0.00976. The zero-order chi connectivity index (χ0) is 14.3. The lowest BCUT2D eigenvalue weighted by Gasteiger charge is -2.20. The predicted octanol–water partition coefficient (Wildman–Crippen LogP) is 1.68. The van der Waals surface area contributed by atoms with E-state index in [0.717, 1.165) is 12.8 Å². The van der Waals surface area contributed by atoms with E-state index < -0.39 is 5.82 Å². The number of rotatable bonds is 2. The summed E-state index contributed by atoms with van der Waals surface area (Å²) in [4.78, 5) is 14.1. The molecule has 20 heavy (non-hydrogen) atoms. The Morgan fingerprint density at radius 2 is 2.20 bits per heavy atom. The molecule has 1 aromatic rings. The van der Waals surface area contributed by atoms with Crippen molar-refractivity contribution in [3.63, 3.8) is 0 Å². The number of carbonyl (C=O) groups is 1. The number of carbonyl (C=O) groups excluding carboxylic acids is 1. The second kappa shape index (κ2) is 5.05. The van der Waals surface area contributed by atoms with Gasteiger partial charge >= 0.3 is 0 Å². The molecule has 3 unspecified atom stereocenters. The summed E-state index contributed by atoms with van der Waals surface area (Å²) >= 11 is 0. The van der Waals surface area contributed by atoms with Gasteiger partial charge in [-0.15, -0.1) is 0 Å². The number of likely N-dealkylation sites (tertiary alicyclic amines) is 1. The molecule has 3 atom stereocenters. The fourth-order valence-corrected chi connectivity index (χ4v) is 3.44. The zero-order valence-electron chi connectivity index (χ0n) is 11.4. The number of hydrogen-bond acceptors (Lipinski definition) is 3. The first-order valence-corrected chi connectivity index (χ1v) is 6.91. The first-order chi connectivity index (χ1) is 9.61. The molecule has 2 aliphatic rings. The molecule has 0 radical (unpaired) electrons. The van der Waals surface area contributed by atoms with E-state index in [1.165, 1.54) is 19.2 Å². The Labute approximate surface area is 117 Å². The van der Waals surface area contributed by atoms with Crippen LogP contribution < -0.4 is 4.74 Å². The number of amides is 1. The molecule has 1 N–H and O–H groups in total. The summed E-state index contributed by atoms with van der Waals surface area (Å²) in [5.41, 5.74) is -0.00976. The Balaban J connectivity index is 1.84. The summed E-state index contributed by atoms with van der Waals surface area (Å²) in [7, 11) is 1.42. The van der Waals surface area contributed by atoms with E-state index in [4.69, 9.17) is 4.74 Å². The summed E-state index contributed by atoms with van der Waals surface area (Å²) in [5, 5.41) is 9.89. The summed E-state index contributed by atoms with van der Waals surface area (Å²) in [6.45, 7) is 1.10. The molecule has 3 rings (SSSR count). The van der Waals surface area contributed by atoms with E-state index in [1.54, 1.807) is 11.0 Å².